The van der Waals surface area contributed by atoms with E-state index in [1.165, 1.54) is 6.26 Å². The zero-order valence-corrected chi connectivity index (χ0v) is 13.8. The first-order chi connectivity index (χ1) is 10.4. The van der Waals surface area contributed by atoms with Gasteiger partial charge in [-0.1, -0.05) is 6.07 Å². The number of hydrogen-bond acceptors (Lipinski definition) is 4. The molecule has 124 valence electrons. The molecule has 0 unspecified atom stereocenters. The lowest BCUT2D eigenvalue weighted by molar-refractivity contribution is 0.0914. The van der Waals surface area contributed by atoms with Gasteiger partial charge in [0, 0.05) is 23.3 Å². The highest BCUT2D eigenvalue weighted by Crippen LogP contribution is 2.13. The molecule has 6 nitrogen and oxygen atoms in total. The van der Waals surface area contributed by atoms with Gasteiger partial charge in [0.2, 0.25) is 0 Å². The second-order valence-corrected chi connectivity index (χ2v) is 5.55. The van der Waals surface area contributed by atoms with Crippen LogP contribution in [0.3, 0.4) is 0 Å². The summed E-state index contributed by atoms with van der Waals surface area (Å²) in [5.74, 6) is -0.409. The van der Waals surface area contributed by atoms with E-state index in [0.717, 1.165) is 0 Å². The minimum absolute atomic E-state index is 0. The van der Waals surface area contributed by atoms with Crippen LogP contribution in [0.2, 0.25) is 0 Å². The molecular weight excluding hydrogens is 318 g/mol. The number of halogens is 1. The van der Waals surface area contributed by atoms with Crippen molar-refractivity contribution < 1.29 is 14.0 Å². The largest absolute Gasteiger partial charge is 0.459 e. The van der Waals surface area contributed by atoms with Crippen LogP contribution in [-0.4, -0.2) is 23.9 Å². The molecule has 2 amide bonds. The molecule has 4 N–H and O–H groups in total. The minimum atomic E-state index is -0.496. The summed E-state index contributed by atoms with van der Waals surface area (Å²) in [5, 5.41) is 5.51. The van der Waals surface area contributed by atoms with Gasteiger partial charge in [0.15, 0.2) is 5.76 Å². The van der Waals surface area contributed by atoms with Crippen molar-refractivity contribution in [3.63, 3.8) is 0 Å². The number of anilines is 1. The summed E-state index contributed by atoms with van der Waals surface area (Å²) in [7, 11) is 0. The highest BCUT2D eigenvalue weighted by molar-refractivity contribution is 6.03. The molecule has 2 rings (SSSR count). The summed E-state index contributed by atoms with van der Waals surface area (Å²) in [6.45, 7) is 4.01. The van der Waals surface area contributed by atoms with Crippen LogP contribution in [0.25, 0.3) is 0 Å². The molecule has 0 aliphatic carbocycles. The Balaban J connectivity index is 0.00000264. The molecule has 0 aliphatic heterocycles. The number of rotatable bonds is 5. The zero-order chi connectivity index (χ0) is 16.2. The number of carbonyl (C=O) groups is 2. The molecule has 1 aromatic carbocycles. The Bertz CT molecular complexity index is 669. The summed E-state index contributed by atoms with van der Waals surface area (Å²) >= 11 is 0. The van der Waals surface area contributed by atoms with Crippen molar-refractivity contribution in [3.05, 3.63) is 54.0 Å². The summed E-state index contributed by atoms with van der Waals surface area (Å²) in [5.41, 5.74) is 6.06. The lowest BCUT2D eigenvalue weighted by Crippen LogP contribution is -2.48. The van der Waals surface area contributed by atoms with Gasteiger partial charge in [0.1, 0.15) is 0 Å². The molecule has 2 aromatic rings. The second-order valence-electron chi connectivity index (χ2n) is 5.55. The lowest BCUT2D eigenvalue weighted by atomic mass is 10.1. The summed E-state index contributed by atoms with van der Waals surface area (Å²) in [4.78, 5) is 24.1. The van der Waals surface area contributed by atoms with Crippen LogP contribution >= 0.6 is 12.4 Å². The summed E-state index contributed by atoms with van der Waals surface area (Å²) in [6.07, 6.45) is 1.42. The van der Waals surface area contributed by atoms with Crippen molar-refractivity contribution in [2.75, 3.05) is 11.9 Å². The number of carbonyl (C=O) groups excluding carboxylic acids is 2. The number of nitrogens with two attached hydrogens (primary N) is 1. The second kappa shape index (κ2) is 7.80. The SMILES string of the molecule is CC(C)(CN)NC(=O)c1cccc(NC(=O)c2ccco2)c1.Cl. The van der Waals surface area contributed by atoms with Gasteiger partial charge in [-0.05, 0) is 44.2 Å². The van der Waals surface area contributed by atoms with Crippen LogP contribution in [-0.2, 0) is 0 Å². The Labute approximate surface area is 140 Å². The predicted octanol–water partition coefficient (Wildman–Crippen LogP) is 2.42. The molecule has 0 bridgehead atoms. The van der Waals surface area contributed by atoms with Crippen molar-refractivity contribution in [2.24, 2.45) is 5.73 Å². The van der Waals surface area contributed by atoms with Crippen molar-refractivity contribution in [1.82, 2.24) is 5.32 Å². The van der Waals surface area contributed by atoms with Gasteiger partial charge in [0.25, 0.3) is 11.8 Å². The normalized spacial score (nSPS) is 10.6. The van der Waals surface area contributed by atoms with Gasteiger partial charge in [-0.15, -0.1) is 12.4 Å². The molecule has 1 heterocycles. The van der Waals surface area contributed by atoms with Gasteiger partial charge in [-0.2, -0.15) is 0 Å². The molecule has 0 radical (unpaired) electrons. The van der Waals surface area contributed by atoms with E-state index in [2.05, 4.69) is 10.6 Å². The Morgan fingerprint density at radius 3 is 2.52 bits per heavy atom. The molecular formula is C16H20ClN3O3. The van der Waals surface area contributed by atoms with Gasteiger partial charge in [0.05, 0.1) is 6.26 Å². The van der Waals surface area contributed by atoms with E-state index in [4.69, 9.17) is 10.2 Å². The van der Waals surface area contributed by atoms with E-state index in [0.29, 0.717) is 17.8 Å². The molecule has 0 saturated heterocycles. The van der Waals surface area contributed by atoms with E-state index in [1.807, 2.05) is 13.8 Å². The van der Waals surface area contributed by atoms with Gasteiger partial charge >= 0.3 is 0 Å². The van der Waals surface area contributed by atoms with Crippen LogP contribution in [0.4, 0.5) is 5.69 Å². The topological polar surface area (TPSA) is 97.4 Å². The van der Waals surface area contributed by atoms with Gasteiger partial charge in [-0.25, -0.2) is 0 Å². The maximum atomic E-state index is 12.2. The molecule has 1 aromatic heterocycles. The fourth-order valence-electron chi connectivity index (χ4n) is 1.77. The number of nitrogens with one attached hydrogen (secondary N) is 2. The van der Waals surface area contributed by atoms with Gasteiger partial charge in [-0.3, -0.25) is 9.59 Å². The first kappa shape index (κ1) is 18.7. The van der Waals surface area contributed by atoms with Gasteiger partial charge < -0.3 is 20.8 Å². The zero-order valence-electron chi connectivity index (χ0n) is 13.0. The van der Waals surface area contributed by atoms with Crippen LogP contribution in [0.1, 0.15) is 34.8 Å². The third kappa shape index (κ3) is 5.12. The Morgan fingerprint density at radius 1 is 1.17 bits per heavy atom. The van der Waals surface area contributed by atoms with Crippen LogP contribution in [0.5, 0.6) is 0 Å². The maximum absolute atomic E-state index is 12.2. The quantitative estimate of drug-likeness (QED) is 0.780. The number of hydrogen-bond donors (Lipinski definition) is 3. The summed E-state index contributed by atoms with van der Waals surface area (Å²) in [6, 6.07) is 9.87. The molecule has 7 heteroatoms. The third-order valence-electron chi connectivity index (χ3n) is 3.09. The smallest absolute Gasteiger partial charge is 0.291 e. The van der Waals surface area contributed by atoms with Crippen molar-refractivity contribution in [2.45, 2.75) is 19.4 Å². The Kier molecular flexibility index (Phi) is 6.36. The molecule has 23 heavy (non-hydrogen) atoms. The fraction of sp³-hybridized carbons (Fsp3) is 0.250. The predicted molar refractivity (Wildman–Crippen MR) is 91.0 cm³/mol. The molecule has 0 fully saturated rings. The van der Waals surface area contributed by atoms with E-state index >= 15 is 0 Å². The average Bonchev–Trinajstić information content (AvgIpc) is 3.01. The monoisotopic (exact) mass is 337 g/mol. The van der Waals surface area contributed by atoms with Crippen LogP contribution in [0, 0.1) is 0 Å². The highest BCUT2D eigenvalue weighted by atomic mass is 35.5. The number of furan rings is 1. The Hall–Kier alpha value is -2.31. The van der Waals surface area contributed by atoms with E-state index < -0.39 is 5.54 Å². The van der Waals surface area contributed by atoms with E-state index in [-0.39, 0.29) is 30.0 Å². The summed E-state index contributed by atoms with van der Waals surface area (Å²) < 4.78 is 5.02. The minimum Gasteiger partial charge on any atom is -0.459 e. The van der Waals surface area contributed by atoms with Crippen LogP contribution < -0.4 is 16.4 Å². The Morgan fingerprint density at radius 2 is 1.91 bits per heavy atom. The molecule has 0 aliphatic rings. The number of amides is 2. The van der Waals surface area contributed by atoms with E-state index in [9.17, 15) is 9.59 Å². The molecule has 0 atom stereocenters. The van der Waals surface area contributed by atoms with Crippen LogP contribution in [0.15, 0.2) is 47.1 Å². The average molecular weight is 338 g/mol. The fourth-order valence-corrected chi connectivity index (χ4v) is 1.77. The first-order valence-corrected chi connectivity index (χ1v) is 6.89. The lowest BCUT2D eigenvalue weighted by Gasteiger charge is -2.24. The van der Waals surface area contributed by atoms with Crippen molar-refractivity contribution in [3.8, 4) is 0 Å². The van der Waals surface area contributed by atoms with Crippen molar-refractivity contribution >= 4 is 29.9 Å². The molecule has 0 saturated carbocycles. The first-order valence-electron chi connectivity index (χ1n) is 6.89. The maximum Gasteiger partial charge on any atom is 0.291 e. The van der Waals surface area contributed by atoms with Crippen molar-refractivity contribution in [1.29, 1.82) is 0 Å². The highest BCUT2D eigenvalue weighted by Gasteiger charge is 2.19. The third-order valence-corrected chi connectivity index (χ3v) is 3.09. The van der Waals surface area contributed by atoms with E-state index in [1.54, 1.807) is 36.4 Å². The standard InChI is InChI=1S/C16H19N3O3.ClH/c1-16(2,10-17)19-14(20)11-5-3-6-12(9-11)18-15(21)13-7-4-8-22-13;/h3-9H,10,17H2,1-2H3,(H,18,21)(H,19,20);1H. The number of benzene rings is 1. The molecule has 0 spiro atoms.